The molecule has 6 heteroatoms. The number of benzene rings is 1. The van der Waals surface area contributed by atoms with Gasteiger partial charge in [0.05, 0.1) is 16.0 Å². The molecular formula is C11H15BrN2O3. The Kier molecular flexibility index (Phi) is 5.54. The Balaban J connectivity index is 2.77. The lowest BCUT2D eigenvalue weighted by atomic mass is 10.2. The van der Waals surface area contributed by atoms with E-state index in [0.717, 1.165) is 12.1 Å². The van der Waals surface area contributed by atoms with Crippen LogP contribution in [0.5, 0.6) is 0 Å². The van der Waals surface area contributed by atoms with Gasteiger partial charge in [0, 0.05) is 26.3 Å². The van der Waals surface area contributed by atoms with Crippen LogP contribution in [0.25, 0.3) is 0 Å². The summed E-state index contributed by atoms with van der Waals surface area (Å²) in [5, 5.41) is 10.8. The summed E-state index contributed by atoms with van der Waals surface area (Å²) < 4.78 is 5.53. The van der Waals surface area contributed by atoms with E-state index in [1.165, 1.54) is 6.07 Å². The van der Waals surface area contributed by atoms with E-state index >= 15 is 0 Å². The number of halogens is 1. The molecule has 0 spiro atoms. The van der Waals surface area contributed by atoms with Crippen LogP contribution in [-0.2, 0) is 11.3 Å². The van der Waals surface area contributed by atoms with E-state index in [4.69, 9.17) is 4.74 Å². The Morgan fingerprint density at radius 2 is 2.24 bits per heavy atom. The summed E-state index contributed by atoms with van der Waals surface area (Å²) in [5.41, 5.74) is 1.00. The second kappa shape index (κ2) is 6.68. The quantitative estimate of drug-likeness (QED) is 0.598. The molecule has 1 aromatic rings. The van der Waals surface area contributed by atoms with E-state index < -0.39 is 0 Å². The average Bonchev–Trinajstić information content (AvgIpc) is 2.28. The number of likely N-dealkylation sites (N-methyl/N-ethyl adjacent to an activating group) is 1. The molecule has 5 nitrogen and oxygen atoms in total. The number of hydrogen-bond donors (Lipinski definition) is 0. The number of nitrogens with zero attached hydrogens (tertiary/aromatic N) is 2. The lowest BCUT2D eigenvalue weighted by Crippen LogP contribution is -2.22. The van der Waals surface area contributed by atoms with Crippen LogP contribution >= 0.6 is 15.9 Å². The van der Waals surface area contributed by atoms with E-state index in [-0.39, 0.29) is 10.6 Å². The summed E-state index contributed by atoms with van der Waals surface area (Å²) in [4.78, 5) is 12.4. The highest BCUT2D eigenvalue weighted by Gasteiger charge is 2.15. The summed E-state index contributed by atoms with van der Waals surface area (Å²) in [6, 6.07) is 5.06. The molecule has 0 aliphatic heterocycles. The third kappa shape index (κ3) is 4.07. The SMILES string of the molecule is COCCN(C)Cc1cccc([N+](=O)[O-])c1Br. The third-order valence-corrected chi connectivity index (χ3v) is 3.29. The summed E-state index contributed by atoms with van der Waals surface area (Å²) in [5.74, 6) is 0. The van der Waals surface area contributed by atoms with Crippen molar-refractivity contribution in [2.24, 2.45) is 0 Å². The van der Waals surface area contributed by atoms with E-state index in [1.54, 1.807) is 13.2 Å². The van der Waals surface area contributed by atoms with E-state index in [1.807, 2.05) is 18.0 Å². The summed E-state index contributed by atoms with van der Waals surface area (Å²) in [6.45, 7) is 2.07. The van der Waals surface area contributed by atoms with Crippen LogP contribution in [0.3, 0.4) is 0 Å². The smallest absolute Gasteiger partial charge is 0.283 e. The van der Waals surface area contributed by atoms with Gasteiger partial charge in [0.25, 0.3) is 5.69 Å². The zero-order valence-electron chi connectivity index (χ0n) is 9.85. The highest BCUT2D eigenvalue weighted by Crippen LogP contribution is 2.28. The molecule has 0 amide bonds. The van der Waals surface area contributed by atoms with E-state index in [9.17, 15) is 10.1 Å². The Morgan fingerprint density at radius 1 is 1.53 bits per heavy atom. The average molecular weight is 303 g/mol. The van der Waals surface area contributed by atoms with Gasteiger partial charge in [-0.2, -0.15) is 0 Å². The van der Waals surface area contributed by atoms with Gasteiger partial charge in [0.2, 0.25) is 0 Å². The van der Waals surface area contributed by atoms with E-state index in [2.05, 4.69) is 15.9 Å². The number of ether oxygens (including phenoxy) is 1. The molecular weight excluding hydrogens is 288 g/mol. The van der Waals surface area contributed by atoms with Gasteiger partial charge >= 0.3 is 0 Å². The standard InChI is InChI=1S/C11H15BrN2O3/c1-13(6-7-17-2)8-9-4-3-5-10(11(9)12)14(15)16/h3-5H,6-8H2,1-2H3. The van der Waals surface area contributed by atoms with Crippen molar-refractivity contribution in [3.05, 3.63) is 38.3 Å². The monoisotopic (exact) mass is 302 g/mol. The Morgan fingerprint density at radius 3 is 2.82 bits per heavy atom. The van der Waals surface area contributed by atoms with Gasteiger partial charge in [0.15, 0.2) is 0 Å². The molecule has 0 atom stereocenters. The van der Waals surface area contributed by atoms with Gasteiger partial charge in [-0.1, -0.05) is 12.1 Å². The highest BCUT2D eigenvalue weighted by molar-refractivity contribution is 9.10. The summed E-state index contributed by atoms with van der Waals surface area (Å²) in [7, 11) is 3.60. The molecule has 0 fully saturated rings. The number of nitro groups is 1. The van der Waals surface area contributed by atoms with Crippen molar-refractivity contribution >= 4 is 21.6 Å². The van der Waals surface area contributed by atoms with Crippen LogP contribution in [0.4, 0.5) is 5.69 Å². The zero-order chi connectivity index (χ0) is 12.8. The minimum Gasteiger partial charge on any atom is -0.383 e. The summed E-state index contributed by atoms with van der Waals surface area (Å²) in [6.07, 6.45) is 0. The molecule has 0 aliphatic carbocycles. The molecule has 0 aliphatic rings. The molecule has 0 heterocycles. The largest absolute Gasteiger partial charge is 0.383 e. The molecule has 94 valence electrons. The lowest BCUT2D eigenvalue weighted by molar-refractivity contribution is -0.385. The first-order valence-corrected chi connectivity index (χ1v) is 5.94. The first-order valence-electron chi connectivity index (χ1n) is 5.15. The fraction of sp³-hybridized carbons (Fsp3) is 0.455. The molecule has 0 saturated heterocycles. The normalized spacial score (nSPS) is 10.8. The maximum Gasteiger partial charge on any atom is 0.283 e. The number of rotatable bonds is 6. The third-order valence-electron chi connectivity index (χ3n) is 2.37. The van der Waals surface area contributed by atoms with Gasteiger partial charge in [0.1, 0.15) is 0 Å². The molecule has 0 N–H and O–H groups in total. The minimum absolute atomic E-state index is 0.0997. The van der Waals surface area contributed by atoms with Crippen LogP contribution in [0.2, 0.25) is 0 Å². The Labute approximate surface area is 109 Å². The number of hydrogen-bond acceptors (Lipinski definition) is 4. The van der Waals surface area contributed by atoms with Crippen LogP contribution < -0.4 is 0 Å². The van der Waals surface area contributed by atoms with Crippen LogP contribution in [0.1, 0.15) is 5.56 Å². The minimum atomic E-state index is -0.386. The van der Waals surface area contributed by atoms with Crippen molar-refractivity contribution in [2.45, 2.75) is 6.54 Å². The van der Waals surface area contributed by atoms with Crippen LogP contribution in [0, 0.1) is 10.1 Å². The Bertz CT molecular complexity index is 398. The zero-order valence-corrected chi connectivity index (χ0v) is 11.4. The fourth-order valence-electron chi connectivity index (χ4n) is 1.45. The number of nitro benzene ring substituents is 1. The second-order valence-electron chi connectivity index (χ2n) is 3.74. The molecule has 0 aromatic heterocycles. The lowest BCUT2D eigenvalue weighted by Gasteiger charge is -2.16. The van der Waals surface area contributed by atoms with Gasteiger partial charge in [-0.25, -0.2) is 0 Å². The van der Waals surface area contributed by atoms with Gasteiger partial charge in [-0.05, 0) is 28.5 Å². The first-order chi connectivity index (χ1) is 8.06. The molecule has 0 saturated carbocycles. The van der Waals surface area contributed by atoms with Crippen molar-refractivity contribution in [3.63, 3.8) is 0 Å². The molecule has 0 unspecified atom stereocenters. The van der Waals surface area contributed by atoms with E-state index in [0.29, 0.717) is 17.6 Å². The van der Waals surface area contributed by atoms with Gasteiger partial charge < -0.3 is 4.74 Å². The van der Waals surface area contributed by atoms with Crippen molar-refractivity contribution in [1.82, 2.24) is 4.90 Å². The van der Waals surface area contributed by atoms with Crippen molar-refractivity contribution in [1.29, 1.82) is 0 Å². The Hall–Kier alpha value is -0.980. The van der Waals surface area contributed by atoms with Gasteiger partial charge in [-0.3, -0.25) is 15.0 Å². The van der Waals surface area contributed by atoms with Crippen molar-refractivity contribution < 1.29 is 9.66 Å². The molecule has 0 radical (unpaired) electrons. The van der Waals surface area contributed by atoms with Crippen LogP contribution in [0.15, 0.2) is 22.7 Å². The molecule has 17 heavy (non-hydrogen) atoms. The molecule has 1 rings (SSSR count). The predicted molar refractivity (Wildman–Crippen MR) is 69.0 cm³/mol. The number of methoxy groups -OCH3 is 1. The maximum absolute atomic E-state index is 10.8. The highest BCUT2D eigenvalue weighted by atomic mass is 79.9. The molecule has 1 aromatic carbocycles. The topological polar surface area (TPSA) is 55.6 Å². The fourth-order valence-corrected chi connectivity index (χ4v) is 1.98. The van der Waals surface area contributed by atoms with Gasteiger partial charge in [-0.15, -0.1) is 0 Å². The van der Waals surface area contributed by atoms with Crippen molar-refractivity contribution in [2.75, 3.05) is 27.3 Å². The summed E-state index contributed by atoms with van der Waals surface area (Å²) >= 11 is 3.28. The van der Waals surface area contributed by atoms with Crippen molar-refractivity contribution in [3.8, 4) is 0 Å². The van der Waals surface area contributed by atoms with Crippen LogP contribution in [-0.4, -0.2) is 37.1 Å². The predicted octanol–water partition coefficient (Wildman–Crippen LogP) is 2.44. The molecule has 0 bridgehead atoms. The first kappa shape index (κ1) is 14.1. The maximum atomic E-state index is 10.8. The second-order valence-corrected chi connectivity index (χ2v) is 4.53.